The third-order valence-electron chi connectivity index (χ3n) is 4.86. The molecule has 2 aliphatic rings. The SMILES string of the molecule is O=C(NCC1(N2CCSCC2)CCOCC1)c1cc(Br)ccc1Cl. The zero-order valence-electron chi connectivity index (χ0n) is 13.5. The second-order valence-electron chi connectivity index (χ2n) is 6.24. The lowest BCUT2D eigenvalue weighted by atomic mass is 9.87. The zero-order valence-corrected chi connectivity index (χ0v) is 16.7. The monoisotopic (exact) mass is 432 g/mol. The maximum Gasteiger partial charge on any atom is 0.252 e. The molecule has 0 radical (unpaired) electrons. The van der Waals surface area contributed by atoms with Gasteiger partial charge in [0, 0.05) is 54.4 Å². The molecule has 132 valence electrons. The van der Waals surface area contributed by atoms with Crippen molar-refractivity contribution in [2.45, 2.75) is 18.4 Å². The lowest BCUT2D eigenvalue weighted by Crippen LogP contribution is -2.60. The molecule has 0 saturated carbocycles. The number of rotatable bonds is 4. The van der Waals surface area contributed by atoms with Crippen LogP contribution in [0, 0.1) is 0 Å². The molecular weight excluding hydrogens is 412 g/mol. The van der Waals surface area contributed by atoms with Crippen LogP contribution in [-0.4, -0.2) is 60.7 Å². The van der Waals surface area contributed by atoms with E-state index in [1.54, 1.807) is 12.1 Å². The number of nitrogens with one attached hydrogen (secondary N) is 1. The first kappa shape index (κ1) is 18.5. The van der Waals surface area contributed by atoms with Crippen molar-refractivity contribution in [1.29, 1.82) is 0 Å². The highest BCUT2D eigenvalue weighted by atomic mass is 79.9. The van der Waals surface area contributed by atoms with Gasteiger partial charge in [-0.25, -0.2) is 0 Å². The van der Waals surface area contributed by atoms with E-state index in [2.05, 4.69) is 26.1 Å². The summed E-state index contributed by atoms with van der Waals surface area (Å²) in [4.78, 5) is 15.2. The number of nitrogens with zero attached hydrogens (tertiary/aromatic N) is 1. The van der Waals surface area contributed by atoms with E-state index in [1.807, 2.05) is 17.8 Å². The van der Waals surface area contributed by atoms with Gasteiger partial charge in [-0.1, -0.05) is 27.5 Å². The van der Waals surface area contributed by atoms with Crippen LogP contribution in [0.1, 0.15) is 23.2 Å². The highest BCUT2D eigenvalue weighted by Crippen LogP contribution is 2.30. The molecule has 0 atom stereocenters. The van der Waals surface area contributed by atoms with Crippen LogP contribution in [-0.2, 0) is 4.74 Å². The van der Waals surface area contributed by atoms with Crippen molar-refractivity contribution in [3.8, 4) is 0 Å². The Morgan fingerprint density at radius 2 is 2.04 bits per heavy atom. The molecule has 1 aromatic rings. The number of amides is 1. The number of ether oxygens (including phenoxy) is 1. The molecular formula is C17H22BrClN2O2S. The van der Waals surface area contributed by atoms with Crippen LogP contribution in [0.2, 0.25) is 5.02 Å². The van der Waals surface area contributed by atoms with Gasteiger partial charge in [0.05, 0.1) is 10.6 Å². The first-order valence-electron chi connectivity index (χ1n) is 8.25. The van der Waals surface area contributed by atoms with Crippen LogP contribution < -0.4 is 5.32 Å². The van der Waals surface area contributed by atoms with E-state index < -0.39 is 0 Å². The number of benzene rings is 1. The van der Waals surface area contributed by atoms with Gasteiger partial charge >= 0.3 is 0 Å². The van der Waals surface area contributed by atoms with E-state index in [0.29, 0.717) is 17.1 Å². The van der Waals surface area contributed by atoms with Crippen molar-refractivity contribution in [3.63, 3.8) is 0 Å². The number of carbonyl (C=O) groups is 1. The van der Waals surface area contributed by atoms with Gasteiger partial charge in [-0.3, -0.25) is 9.69 Å². The van der Waals surface area contributed by atoms with E-state index in [1.165, 1.54) is 0 Å². The minimum absolute atomic E-state index is 0.00732. The maximum absolute atomic E-state index is 12.6. The van der Waals surface area contributed by atoms with Crippen LogP contribution >= 0.6 is 39.3 Å². The normalized spacial score (nSPS) is 21.4. The molecule has 0 spiro atoms. The van der Waals surface area contributed by atoms with Crippen LogP contribution in [0.5, 0.6) is 0 Å². The smallest absolute Gasteiger partial charge is 0.252 e. The minimum Gasteiger partial charge on any atom is -0.381 e. The summed E-state index contributed by atoms with van der Waals surface area (Å²) in [6.45, 7) is 4.33. The predicted molar refractivity (Wildman–Crippen MR) is 103 cm³/mol. The first-order valence-corrected chi connectivity index (χ1v) is 10.6. The van der Waals surface area contributed by atoms with Crippen LogP contribution in [0.15, 0.2) is 22.7 Å². The molecule has 0 aliphatic carbocycles. The molecule has 7 heteroatoms. The van der Waals surface area contributed by atoms with E-state index in [4.69, 9.17) is 16.3 Å². The molecule has 0 aromatic heterocycles. The molecule has 1 amide bonds. The molecule has 1 aromatic carbocycles. The summed E-state index contributed by atoms with van der Waals surface area (Å²) in [6, 6.07) is 5.35. The standard InChI is InChI=1S/C17H22BrClN2O2S/c18-13-1-2-15(19)14(11-13)16(22)20-12-17(3-7-23-8-4-17)21-5-9-24-10-6-21/h1-2,11H,3-10,12H2,(H,20,22). The third kappa shape index (κ3) is 4.28. The Morgan fingerprint density at radius 3 is 2.75 bits per heavy atom. The fourth-order valence-electron chi connectivity index (χ4n) is 3.41. The van der Waals surface area contributed by atoms with Crippen molar-refractivity contribution in [2.75, 3.05) is 44.4 Å². The molecule has 3 rings (SSSR count). The van der Waals surface area contributed by atoms with E-state index in [-0.39, 0.29) is 11.4 Å². The van der Waals surface area contributed by atoms with Gasteiger partial charge in [-0.05, 0) is 31.0 Å². The number of thioether (sulfide) groups is 1. The van der Waals surface area contributed by atoms with Crippen molar-refractivity contribution in [1.82, 2.24) is 10.2 Å². The topological polar surface area (TPSA) is 41.6 Å². The Labute approximate surface area is 160 Å². The van der Waals surface area contributed by atoms with Gasteiger partial charge in [0.1, 0.15) is 0 Å². The first-order chi connectivity index (χ1) is 11.6. The van der Waals surface area contributed by atoms with Gasteiger partial charge in [-0.2, -0.15) is 11.8 Å². The molecule has 2 aliphatic heterocycles. The summed E-state index contributed by atoms with van der Waals surface area (Å²) >= 11 is 11.6. The second kappa shape index (κ2) is 8.41. The molecule has 2 heterocycles. The summed E-state index contributed by atoms with van der Waals surface area (Å²) in [7, 11) is 0. The Bertz CT molecular complexity index is 590. The van der Waals surface area contributed by atoms with Crippen molar-refractivity contribution >= 4 is 45.2 Å². The largest absolute Gasteiger partial charge is 0.381 e. The summed E-state index contributed by atoms with van der Waals surface area (Å²) in [6.07, 6.45) is 1.92. The third-order valence-corrected chi connectivity index (χ3v) is 6.62. The Hall–Kier alpha value is -0.270. The lowest BCUT2D eigenvalue weighted by molar-refractivity contribution is -0.0237. The fraction of sp³-hybridized carbons (Fsp3) is 0.588. The number of hydrogen-bond acceptors (Lipinski definition) is 4. The summed E-state index contributed by atoms with van der Waals surface area (Å²) in [5, 5.41) is 3.60. The molecule has 24 heavy (non-hydrogen) atoms. The molecule has 4 nitrogen and oxygen atoms in total. The average Bonchev–Trinajstić information content (AvgIpc) is 2.63. The number of hydrogen-bond donors (Lipinski definition) is 1. The van der Waals surface area contributed by atoms with Crippen molar-refractivity contribution in [2.24, 2.45) is 0 Å². The zero-order chi connectivity index (χ0) is 17.0. The Kier molecular flexibility index (Phi) is 6.49. The lowest BCUT2D eigenvalue weighted by Gasteiger charge is -2.48. The van der Waals surface area contributed by atoms with Crippen molar-refractivity contribution < 1.29 is 9.53 Å². The van der Waals surface area contributed by atoms with Gasteiger partial charge in [0.2, 0.25) is 0 Å². The molecule has 0 unspecified atom stereocenters. The quantitative estimate of drug-likeness (QED) is 0.790. The molecule has 0 bridgehead atoms. The summed E-state index contributed by atoms with van der Waals surface area (Å²) < 4.78 is 6.42. The highest BCUT2D eigenvalue weighted by molar-refractivity contribution is 9.10. The number of carbonyl (C=O) groups excluding carboxylic acids is 1. The van der Waals surface area contributed by atoms with Crippen molar-refractivity contribution in [3.05, 3.63) is 33.3 Å². The van der Waals surface area contributed by atoms with E-state index in [0.717, 1.165) is 55.1 Å². The Morgan fingerprint density at radius 1 is 1.33 bits per heavy atom. The van der Waals surface area contributed by atoms with Crippen LogP contribution in [0.25, 0.3) is 0 Å². The van der Waals surface area contributed by atoms with Crippen LogP contribution in [0.3, 0.4) is 0 Å². The fourth-order valence-corrected chi connectivity index (χ4v) is 4.87. The predicted octanol–water partition coefficient (Wildman–Crippen LogP) is 3.43. The second-order valence-corrected chi connectivity index (χ2v) is 8.79. The summed E-state index contributed by atoms with van der Waals surface area (Å²) in [5.41, 5.74) is 0.523. The molecule has 1 N–H and O–H groups in total. The van der Waals surface area contributed by atoms with Gasteiger partial charge in [0.15, 0.2) is 0 Å². The van der Waals surface area contributed by atoms with E-state index in [9.17, 15) is 4.79 Å². The molecule has 2 saturated heterocycles. The average molecular weight is 434 g/mol. The molecule has 2 fully saturated rings. The van der Waals surface area contributed by atoms with Gasteiger partial charge < -0.3 is 10.1 Å². The van der Waals surface area contributed by atoms with Gasteiger partial charge in [0.25, 0.3) is 5.91 Å². The van der Waals surface area contributed by atoms with E-state index >= 15 is 0 Å². The highest BCUT2D eigenvalue weighted by Gasteiger charge is 2.39. The summed E-state index contributed by atoms with van der Waals surface area (Å²) in [5.74, 6) is 2.21. The number of halogens is 2. The Balaban J connectivity index is 1.71. The maximum atomic E-state index is 12.6. The minimum atomic E-state index is -0.112. The van der Waals surface area contributed by atoms with Crippen LogP contribution in [0.4, 0.5) is 0 Å². The van der Waals surface area contributed by atoms with Gasteiger partial charge in [-0.15, -0.1) is 0 Å².